The molecule has 2 rings (SSSR count). The van der Waals surface area contributed by atoms with E-state index in [-0.39, 0.29) is 0 Å². The van der Waals surface area contributed by atoms with Gasteiger partial charge in [-0.25, -0.2) is 0 Å². The molecule has 0 aliphatic heterocycles. The summed E-state index contributed by atoms with van der Waals surface area (Å²) < 4.78 is 6.02. The van der Waals surface area contributed by atoms with Crippen LogP contribution >= 0.6 is 27.5 Å². The molecule has 0 unspecified atom stereocenters. The van der Waals surface area contributed by atoms with Gasteiger partial charge < -0.3 is 4.42 Å². The summed E-state index contributed by atoms with van der Waals surface area (Å²) in [5.41, 5.74) is 0.654. The van der Waals surface area contributed by atoms with E-state index in [4.69, 9.17) is 16.0 Å². The predicted molar refractivity (Wildman–Crippen MR) is 52.4 cm³/mol. The largest absolute Gasteiger partial charge is 0.443 e. The summed E-state index contributed by atoms with van der Waals surface area (Å²) in [4.78, 5) is 0. The minimum Gasteiger partial charge on any atom is -0.443 e. The zero-order chi connectivity index (χ0) is 9.26. The van der Waals surface area contributed by atoms with Crippen LogP contribution in [-0.4, -0.2) is 10.2 Å². The highest BCUT2D eigenvalue weighted by molar-refractivity contribution is 9.10. The van der Waals surface area contributed by atoms with Crippen molar-refractivity contribution in [1.29, 1.82) is 0 Å². The number of hydrogen-bond donors (Lipinski definition) is 0. The SMILES string of the molecule is Clc1ccc(-c2cc(Br)cnn2)o1. The van der Waals surface area contributed by atoms with E-state index >= 15 is 0 Å². The summed E-state index contributed by atoms with van der Waals surface area (Å²) in [6, 6.07) is 5.22. The second-order valence-corrected chi connectivity index (χ2v) is 3.65. The highest BCUT2D eigenvalue weighted by Gasteiger charge is 2.05. The molecule has 2 heterocycles. The highest BCUT2D eigenvalue weighted by Crippen LogP contribution is 2.23. The standard InChI is InChI=1S/C8H4BrClN2O/c9-5-3-6(12-11-4-5)7-1-2-8(10)13-7/h1-4H. The molecule has 0 aliphatic rings. The molecule has 2 aromatic rings. The Morgan fingerprint density at radius 2 is 2.23 bits per heavy atom. The van der Waals surface area contributed by atoms with E-state index in [1.54, 1.807) is 18.3 Å². The van der Waals surface area contributed by atoms with Gasteiger partial charge in [-0.1, -0.05) is 0 Å². The van der Waals surface area contributed by atoms with Crippen LogP contribution in [0.1, 0.15) is 0 Å². The average molecular weight is 259 g/mol. The molecule has 5 heteroatoms. The van der Waals surface area contributed by atoms with Crippen LogP contribution in [0.3, 0.4) is 0 Å². The molecule has 0 spiro atoms. The van der Waals surface area contributed by atoms with Crippen LogP contribution in [0.25, 0.3) is 11.5 Å². The summed E-state index contributed by atoms with van der Waals surface area (Å²) in [6.07, 6.45) is 1.61. The van der Waals surface area contributed by atoms with Crippen molar-refractivity contribution in [2.75, 3.05) is 0 Å². The average Bonchev–Trinajstić information content (AvgIpc) is 2.52. The number of furan rings is 1. The third kappa shape index (κ3) is 1.89. The van der Waals surface area contributed by atoms with Crippen LogP contribution in [0, 0.1) is 0 Å². The molecule has 0 amide bonds. The molecule has 0 fully saturated rings. The van der Waals surface area contributed by atoms with E-state index < -0.39 is 0 Å². The van der Waals surface area contributed by atoms with Crippen molar-refractivity contribution in [3.8, 4) is 11.5 Å². The summed E-state index contributed by atoms with van der Waals surface area (Å²) in [5, 5.41) is 8.00. The fourth-order valence-electron chi connectivity index (χ4n) is 0.915. The predicted octanol–water partition coefficient (Wildman–Crippen LogP) is 3.15. The second-order valence-electron chi connectivity index (χ2n) is 2.36. The maximum absolute atomic E-state index is 5.62. The molecule has 13 heavy (non-hydrogen) atoms. The van der Waals surface area contributed by atoms with Crippen molar-refractivity contribution in [1.82, 2.24) is 10.2 Å². The fourth-order valence-corrected chi connectivity index (χ4v) is 1.37. The van der Waals surface area contributed by atoms with E-state index in [0.717, 1.165) is 4.47 Å². The van der Waals surface area contributed by atoms with E-state index in [1.807, 2.05) is 6.07 Å². The third-order valence-electron chi connectivity index (χ3n) is 1.45. The number of aromatic nitrogens is 2. The molecular formula is C8H4BrClN2O. The van der Waals surface area contributed by atoms with Gasteiger partial charge >= 0.3 is 0 Å². The Morgan fingerprint density at radius 3 is 2.85 bits per heavy atom. The Morgan fingerprint density at radius 1 is 1.38 bits per heavy atom. The first-order valence-electron chi connectivity index (χ1n) is 3.49. The lowest BCUT2D eigenvalue weighted by molar-refractivity contribution is 0.581. The van der Waals surface area contributed by atoms with E-state index in [0.29, 0.717) is 16.7 Å². The Bertz CT molecular complexity index is 430. The molecular weight excluding hydrogens is 255 g/mol. The van der Waals surface area contributed by atoms with E-state index in [9.17, 15) is 0 Å². The van der Waals surface area contributed by atoms with Crippen LogP contribution < -0.4 is 0 Å². The van der Waals surface area contributed by atoms with Gasteiger partial charge in [-0.2, -0.15) is 5.10 Å². The zero-order valence-electron chi connectivity index (χ0n) is 6.37. The van der Waals surface area contributed by atoms with Gasteiger partial charge in [0.05, 0.1) is 6.20 Å². The molecule has 66 valence electrons. The van der Waals surface area contributed by atoms with Crippen LogP contribution in [0.5, 0.6) is 0 Å². The molecule has 0 N–H and O–H groups in total. The van der Waals surface area contributed by atoms with Gasteiger partial charge in [0.2, 0.25) is 0 Å². The Kier molecular flexibility index (Phi) is 2.33. The van der Waals surface area contributed by atoms with Crippen LogP contribution in [-0.2, 0) is 0 Å². The summed E-state index contributed by atoms with van der Waals surface area (Å²) in [6.45, 7) is 0. The Balaban J connectivity index is 2.46. The van der Waals surface area contributed by atoms with Crippen LogP contribution in [0.2, 0.25) is 5.22 Å². The van der Waals surface area contributed by atoms with Gasteiger partial charge in [0.1, 0.15) is 5.69 Å². The smallest absolute Gasteiger partial charge is 0.194 e. The summed E-state index contributed by atoms with van der Waals surface area (Å²) in [5.74, 6) is 0.610. The van der Waals surface area contributed by atoms with Crippen molar-refractivity contribution in [3.63, 3.8) is 0 Å². The van der Waals surface area contributed by atoms with Crippen molar-refractivity contribution in [2.45, 2.75) is 0 Å². The highest BCUT2D eigenvalue weighted by atomic mass is 79.9. The lowest BCUT2D eigenvalue weighted by Crippen LogP contribution is -1.84. The van der Waals surface area contributed by atoms with E-state index in [2.05, 4.69) is 26.1 Å². The lowest BCUT2D eigenvalue weighted by atomic mass is 10.3. The summed E-state index contributed by atoms with van der Waals surface area (Å²) in [7, 11) is 0. The first kappa shape index (κ1) is 8.72. The van der Waals surface area contributed by atoms with Gasteiger partial charge in [-0.05, 0) is 45.7 Å². The first-order valence-corrected chi connectivity index (χ1v) is 4.67. The van der Waals surface area contributed by atoms with Crippen LogP contribution in [0.4, 0.5) is 0 Å². The van der Waals surface area contributed by atoms with Crippen molar-refractivity contribution in [3.05, 3.63) is 34.1 Å². The van der Waals surface area contributed by atoms with Gasteiger partial charge in [0, 0.05) is 4.47 Å². The summed E-state index contributed by atoms with van der Waals surface area (Å²) >= 11 is 8.91. The molecule has 2 aromatic heterocycles. The third-order valence-corrected chi connectivity index (χ3v) is 2.08. The molecule has 0 bridgehead atoms. The first-order chi connectivity index (χ1) is 6.25. The van der Waals surface area contributed by atoms with Crippen molar-refractivity contribution < 1.29 is 4.42 Å². The normalized spacial score (nSPS) is 10.3. The quantitative estimate of drug-likeness (QED) is 0.790. The maximum atomic E-state index is 5.62. The van der Waals surface area contributed by atoms with Gasteiger partial charge in [-0.15, -0.1) is 5.10 Å². The molecule has 0 aliphatic carbocycles. The fraction of sp³-hybridized carbons (Fsp3) is 0. The topological polar surface area (TPSA) is 38.9 Å². The Labute approximate surface area is 87.9 Å². The molecule has 0 radical (unpaired) electrons. The number of hydrogen-bond acceptors (Lipinski definition) is 3. The monoisotopic (exact) mass is 258 g/mol. The second kappa shape index (κ2) is 3.47. The van der Waals surface area contributed by atoms with Gasteiger partial charge in [0.15, 0.2) is 11.0 Å². The molecule has 3 nitrogen and oxygen atoms in total. The van der Waals surface area contributed by atoms with Crippen molar-refractivity contribution >= 4 is 27.5 Å². The molecule has 0 atom stereocenters. The zero-order valence-corrected chi connectivity index (χ0v) is 8.71. The van der Waals surface area contributed by atoms with Crippen LogP contribution in [0.15, 0.2) is 33.3 Å². The Hall–Kier alpha value is -0.870. The number of rotatable bonds is 1. The number of halogens is 2. The van der Waals surface area contributed by atoms with Gasteiger partial charge in [-0.3, -0.25) is 0 Å². The van der Waals surface area contributed by atoms with Gasteiger partial charge in [0.25, 0.3) is 0 Å². The van der Waals surface area contributed by atoms with E-state index in [1.165, 1.54) is 0 Å². The molecule has 0 saturated carbocycles. The number of nitrogens with zero attached hydrogens (tertiary/aromatic N) is 2. The molecule has 0 saturated heterocycles. The maximum Gasteiger partial charge on any atom is 0.194 e. The van der Waals surface area contributed by atoms with Crippen molar-refractivity contribution in [2.24, 2.45) is 0 Å². The molecule has 0 aromatic carbocycles. The lowest BCUT2D eigenvalue weighted by Gasteiger charge is -1.93. The minimum atomic E-state index is 0.344. The minimum absolute atomic E-state index is 0.344.